The topological polar surface area (TPSA) is 21.7 Å². The van der Waals surface area contributed by atoms with Gasteiger partial charge in [-0.3, -0.25) is 4.84 Å². The van der Waals surface area contributed by atoms with Crippen molar-refractivity contribution in [1.29, 1.82) is 0 Å². The highest BCUT2D eigenvalue weighted by atomic mass is 16.8. The second-order valence-corrected chi connectivity index (χ2v) is 4.40. The molecule has 0 spiro atoms. The van der Waals surface area contributed by atoms with Gasteiger partial charge in [-0.15, -0.1) is 0 Å². The summed E-state index contributed by atoms with van der Waals surface area (Å²) in [6, 6.07) is 14.6. The Morgan fingerprint density at radius 1 is 1.17 bits per heavy atom. The van der Waals surface area contributed by atoms with Crippen LogP contribution in [0.25, 0.3) is 10.8 Å². The molecule has 0 aliphatic carbocycles. The van der Waals surface area contributed by atoms with E-state index in [0.29, 0.717) is 6.61 Å². The average molecular weight is 243 g/mol. The number of ether oxygens (including phenoxy) is 1. The molecule has 3 heteroatoms. The zero-order valence-electron chi connectivity index (χ0n) is 10.5. The number of hydrogen-bond acceptors (Lipinski definition) is 3. The number of nitrogens with zero attached hydrogens (tertiary/aromatic N) is 1. The summed E-state index contributed by atoms with van der Waals surface area (Å²) < 4.78 is 5.74. The molecule has 0 N–H and O–H groups in total. The molecule has 1 unspecified atom stereocenters. The third-order valence-corrected chi connectivity index (χ3v) is 3.28. The molecule has 94 valence electrons. The highest BCUT2D eigenvalue weighted by Crippen LogP contribution is 2.29. The molecular formula is C15H17NO2. The molecular weight excluding hydrogens is 226 g/mol. The first-order valence-electron chi connectivity index (χ1n) is 6.39. The molecule has 3 nitrogen and oxygen atoms in total. The van der Waals surface area contributed by atoms with E-state index in [1.165, 1.54) is 10.8 Å². The van der Waals surface area contributed by atoms with Gasteiger partial charge in [-0.1, -0.05) is 49.4 Å². The van der Waals surface area contributed by atoms with Gasteiger partial charge < -0.3 is 4.74 Å². The summed E-state index contributed by atoms with van der Waals surface area (Å²) in [6.07, 6.45) is -0.287. The van der Waals surface area contributed by atoms with Crippen LogP contribution in [0.4, 0.5) is 0 Å². The number of benzene rings is 2. The fourth-order valence-electron chi connectivity index (χ4n) is 2.32. The summed E-state index contributed by atoms with van der Waals surface area (Å²) in [4.78, 5) is 5.84. The van der Waals surface area contributed by atoms with Gasteiger partial charge in [-0.2, -0.15) is 5.06 Å². The van der Waals surface area contributed by atoms with Crippen LogP contribution in [0.3, 0.4) is 0 Å². The Bertz CT molecular complexity index is 536. The lowest BCUT2D eigenvalue weighted by Gasteiger charge is -2.32. The van der Waals surface area contributed by atoms with Crippen molar-refractivity contribution in [2.24, 2.45) is 0 Å². The third kappa shape index (κ3) is 2.12. The predicted molar refractivity (Wildman–Crippen MR) is 71.0 cm³/mol. The van der Waals surface area contributed by atoms with E-state index >= 15 is 0 Å². The number of hydrogen-bond donors (Lipinski definition) is 0. The first-order valence-corrected chi connectivity index (χ1v) is 6.39. The first-order chi connectivity index (χ1) is 8.88. The molecule has 1 atom stereocenters. The van der Waals surface area contributed by atoms with Crippen LogP contribution in [0.1, 0.15) is 18.8 Å². The van der Waals surface area contributed by atoms with E-state index in [1.807, 2.05) is 17.2 Å². The molecule has 0 saturated carbocycles. The van der Waals surface area contributed by atoms with Gasteiger partial charge in [-0.05, 0) is 10.8 Å². The van der Waals surface area contributed by atoms with Gasteiger partial charge in [0.2, 0.25) is 6.29 Å². The van der Waals surface area contributed by atoms with Crippen molar-refractivity contribution in [2.75, 3.05) is 19.7 Å². The maximum atomic E-state index is 5.84. The van der Waals surface area contributed by atoms with Gasteiger partial charge in [0.25, 0.3) is 0 Å². The zero-order chi connectivity index (χ0) is 12.4. The van der Waals surface area contributed by atoms with Crippen molar-refractivity contribution in [3.63, 3.8) is 0 Å². The Balaban J connectivity index is 1.98. The first kappa shape index (κ1) is 11.7. The molecule has 0 radical (unpaired) electrons. The largest absolute Gasteiger partial charge is 0.346 e. The summed E-state index contributed by atoms with van der Waals surface area (Å²) in [5, 5.41) is 4.37. The van der Waals surface area contributed by atoms with Gasteiger partial charge in [0.1, 0.15) is 0 Å². The van der Waals surface area contributed by atoms with Crippen molar-refractivity contribution in [3.05, 3.63) is 48.0 Å². The normalized spacial score (nSPS) is 21.3. The highest BCUT2D eigenvalue weighted by molar-refractivity contribution is 5.85. The lowest BCUT2D eigenvalue weighted by Crippen LogP contribution is -2.36. The van der Waals surface area contributed by atoms with Gasteiger partial charge in [0.15, 0.2) is 0 Å². The number of fused-ring (bicyclic) bond motifs is 1. The Hall–Kier alpha value is -1.42. The lowest BCUT2D eigenvalue weighted by atomic mass is 10.0. The standard InChI is InChI=1S/C15H17NO2/c1-2-16-10-11-17-15(18-16)14-9-5-7-12-6-3-4-8-13(12)14/h3-9,15H,2,10-11H2,1H3. The van der Waals surface area contributed by atoms with Crippen molar-refractivity contribution in [2.45, 2.75) is 13.2 Å². The maximum Gasteiger partial charge on any atom is 0.204 e. The molecule has 18 heavy (non-hydrogen) atoms. The Kier molecular flexibility index (Phi) is 3.28. The summed E-state index contributed by atoms with van der Waals surface area (Å²) in [7, 11) is 0. The maximum absolute atomic E-state index is 5.84. The van der Waals surface area contributed by atoms with Crippen molar-refractivity contribution in [1.82, 2.24) is 5.06 Å². The highest BCUT2D eigenvalue weighted by Gasteiger charge is 2.23. The minimum atomic E-state index is -0.287. The van der Waals surface area contributed by atoms with Crippen LogP contribution in [-0.4, -0.2) is 24.8 Å². The summed E-state index contributed by atoms with van der Waals surface area (Å²) >= 11 is 0. The van der Waals surface area contributed by atoms with E-state index < -0.39 is 0 Å². The van der Waals surface area contributed by atoms with E-state index in [-0.39, 0.29) is 6.29 Å². The molecule has 0 bridgehead atoms. The van der Waals surface area contributed by atoms with Gasteiger partial charge in [0, 0.05) is 18.7 Å². The van der Waals surface area contributed by atoms with Crippen LogP contribution < -0.4 is 0 Å². The van der Waals surface area contributed by atoms with E-state index in [9.17, 15) is 0 Å². The summed E-state index contributed by atoms with van der Waals surface area (Å²) in [5.74, 6) is 0. The molecule has 0 aromatic heterocycles. The predicted octanol–water partition coefficient (Wildman–Crippen LogP) is 3.12. The summed E-state index contributed by atoms with van der Waals surface area (Å²) in [6.45, 7) is 4.51. The minimum absolute atomic E-state index is 0.287. The zero-order valence-corrected chi connectivity index (χ0v) is 10.5. The number of hydroxylamine groups is 2. The fourth-order valence-corrected chi connectivity index (χ4v) is 2.32. The quantitative estimate of drug-likeness (QED) is 0.809. The van der Waals surface area contributed by atoms with Crippen LogP contribution in [0.15, 0.2) is 42.5 Å². The van der Waals surface area contributed by atoms with Crippen LogP contribution in [0, 0.1) is 0 Å². The Labute approximate surface area is 107 Å². The summed E-state index contributed by atoms with van der Waals surface area (Å²) in [5.41, 5.74) is 1.10. The van der Waals surface area contributed by atoms with Crippen molar-refractivity contribution in [3.8, 4) is 0 Å². The molecule has 0 amide bonds. The SMILES string of the molecule is CCN1CCOC(c2cccc3ccccc23)O1. The van der Waals surface area contributed by atoms with E-state index in [1.54, 1.807) is 0 Å². The molecule has 1 fully saturated rings. The van der Waals surface area contributed by atoms with E-state index in [0.717, 1.165) is 18.7 Å². The molecule has 3 rings (SSSR count). The Morgan fingerprint density at radius 2 is 2.00 bits per heavy atom. The number of rotatable bonds is 2. The van der Waals surface area contributed by atoms with Gasteiger partial charge in [0.05, 0.1) is 6.61 Å². The molecule has 1 heterocycles. The second-order valence-electron chi connectivity index (χ2n) is 4.40. The molecule has 1 aliphatic rings. The van der Waals surface area contributed by atoms with E-state index in [2.05, 4.69) is 37.3 Å². The minimum Gasteiger partial charge on any atom is -0.346 e. The van der Waals surface area contributed by atoms with Gasteiger partial charge in [-0.25, -0.2) is 0 Å². The second kappa shape index (κ2) is 5.06. The van der Waals surface area contributed by atoms with Crippen LogP contribution in [0.5, 0.6) is 0 Å². The fraction of sp³-hybridized carbons (Fsp3) is 0.333. The van der Waals surface area contributed by atoms with Crippen molar-refractivity contribution < 1.29 is 9.57 Å². The van der Waals surface area contributed by atoms with E-state index in [4.69, 9.17) is 9.57 Å². The molecule has 2 aromatic rings. The third-order valence-electron chi connectivity index (χ3n) is 3.28. The smallest absolute Gasteiger partial charge is 0.204 e. The van der Waals surface area contributed by atoms with Gasteiger partial charge >= 0.3 is 0 Å². The lowest BCUT2D eigenvalue weighted by molar-refractivity contribution is -0.323. The Morgan fingerprint density at radius 3 is 2.89 bits per heavy atom. The van der Waals surface area contributed by atoms with Crippen LogP contribution >= 0.6 is 0 Å². The number of likely N-dealkylation sites (N-methyl/N-ethyl adjacent to an activating group) is 1. The molecule has 1 saturated heterocycles. The van der Waals surface area contributed by atoms with Crippen LogP contribution in [-0.2, 0) is 9.57 Å². The average Bonchev–Trinajstić information content (AvgIpc) is 2.47. The van der Waals surface area contributed by atoms with Crippen LogP contribution in [0.2, 0.25) is 0 Å². The monoisotopic (exact) mass is 243 g/mol. The molecule has 1 aliphatic heterocycles. The molecule has 2 aromatic carbocycles. The van der Waals surface area contributed by atoms with Crippen molar-refractivity contribution >= 4 is 10.8 Å².